The second-order valence-electron chi connectivity index (χ2n) is 9.36. The number of hydrogen-bond donors (Lipinski definition) is 0. The molecule has 1 aliphatic rings. The van der Waals surface area contributed by atoms with Crippen LogP contribution in [0.3, 0.4) is 0 Å². The highest BCUT2D eigenvalue weighted by atomic mass is 19.1. The van der Waals surface area contributed by atoms with Crippen LogP contribution < -0.4 is 14.2 Å². The van der Waals surface area contributed by atoms with E-state index in [1.165, 1.54) is 12.1 Å². The molecule has 0 aliphatic carbocycles. The number of halogens is 1. The number of para-hydroxylation sites is 1. The standard InChI is InChI=1S/C31H31FN2O5/c1-36-26-13-7-5-11-23(26)29-20(17-24-27(37-2)14-15-28(38-3)30(24)33-29)18-34(19-21-9-8-16-39-21)31(35)22-10-4-6-12-25(22)32/h4-7,10-15,17,21H,8-9,16,18-19H2,1-3H3/t21-/m1/s1. The molecule has 2 heterocycles. The summed E-state index contributed by atoms with van der Waals surface area (Å²) in [7, 11) is 4.80. The van der Waals surface area contributed by atoms with Crippen LogP contribution in [0.15, 0.2) is 66.7 Å². The lowest BCUT2D eigenvalue weighted by atomic mass is 10.0. The van der Waals surface area contributed by atoms with E-state index in [2.05, 4.69) is 0 Å². The van der Waals surface area contributed by atoms with Gasteiger partial charge in [0.2, 0.25) is 0 Å². The molecule has 1 atom stereocenters. The van der Waals surface area contributed by atoms with Crippen LogP contribution in [0.1, 0.15) is 28.8 Å². The lowest BCUT2D eigenvalue weighted by Gasteiger charge is -2.27. The molecule has 0 bridgehead atoms. The second-order valence-corrected chi connectivity index (χ2v) is 9.36. The Hall–Kier alpha value is -4.17. The first-order chi connectivity index (χ1) is 19.0. The summed E-state index contributed by atoms with van der Waals surface area (Å²) in [6.45, 7) is 1.14. The summed E-state index contributed by atoms with van der Waals surface area (Å²) in [5, 5.41) is 0.737. The molecule has 1 aromatic heterocycles. The molecule has 7 nitrogen and oxygen atoms in total. The first-order valence-corrected chi connectivity index (χ1v) is 12.9. The van der Waals surface area contributed by atoms with E-state index in [0.29, 0.717) is 41.6 Å². The number of fused-ring (bicyclic) bond motifs is 1. The third-order valence-corrected chi connectivity index (χ3v) is 6.99. The first-order valence-electron chi connectivity index (χ1n) is 12.9. The minimum absolute atomic E-state index is 0.0161. The topological polar surface area (TPSA) is 70.1 Å². The maximum absolute atomic E-state index is 14.7. The van der Waals surface area contributed by atoms with Gasteiger partial charge in [0.25, 0.3) is 5.91 Å². The molecular formula is C31H31FN2O5. The van der Waals surface area contributed by atoms with Crippen LogP contribution in [-0.2, 0) is 11.3 Å². The van der Waals surface area contributed by atoms with Crippen molar-refractivity contribution in [1.82, 2.24) is 9.88 Å². The predicted molar refractivity (Wildman–Crippen MR) is 147 cm³/mol. The van der Waals surface area contributed by atoms with E-state index in [1.54, 1.807) is 38.4 Å². The number of carbonyl (C=O) groups is 1. The molecule has 1 fully saturated rings. The largest absolute Gasteiger partial charge is 0.496 e. The molecule has 1 aliphatic heterocycles. The van der Waals surface area contributed by atoms with Crippen molar-refractivity contribution < 1.29 is 28.1 Å². The van der Waals surface area contributed by atoms with Crippen LogP contribution in [0.4, 0.5) is 4.39 Å². The molecule has 1 saturated heterocycles. The van der Waals surface area contributed by atoms with E-state index in [1.807, 2.05) is 42.5 Å². The number of ether oxygens (including phenoxy) is 4. The molecule has 1 amide bonds. The first kappa shape index (κ1) is 26.4. The van der Waals surface area contributed by atoms with Gasteiger partial charge in [-0.3, -0.25) is 4.79 Å². The number of hydrogen-bond acceptors (Lipinski definition) is 6. The monoisotopic (exact) mass is 530 g/mol. The van der Waals surface area contributed by atoms with E-state index in [0.717, 1.165) is 29.4 Å². The molecule has 3 aromatic carbocycles. The molecule has 0 saturated carbocycles. The van der Waals surface area contributed by atoms with E-state index >= 15 is 0 Å². The fourth-order valence-electron chi connectivity index (χ4n) is 5.05. The van der Waals surface area contributed by atoms with E-state index in [9.17, 15) is 9.18 Å². The zero-order valence-electron chi connectivity index (χ0n) is 22.3. The summed E-state index contributed by atoms with van der Waals surface area (Å²) in [5.74, 6) is 0.878. The number of carbonyl (C=O) groups excluding carboxylic acids is 1. The fourth-order valence-corrected chi connectivity index (χ4v) is 5.05. The van der Waals surface area contributed by atoms with Crippen LogP contribution in [0.25, 0.3) is 22.2 Å². The quantitative estimate of drug-likeness (QED) is 0.269. The molecule has 0 unspecified atom stereocenters. The van der Waals surface area contributed by atoms with Gasteiger partial charge in [0.15, 0.2) is 0 Å². The molecule has 0 N–H and O–H groups in total. The summed E-state index contributed by atoms with van der Waals surface area (Å²) < 4.78 is 37.5. The lowest BCUT2D eigenvalue weighted by Crippen LogP contribution is -2.37. The van der Waals surface area contributed by atoms with Gasteiger partial charge in [0, 0.05) is 30.6 Å². The molecule has 0 radical (unpaired) electrons. The number of amides is 1. The molecule has 0 spiro atoms. The van der Waals surface area contributed by atoms with Crippen molar-refractivity contribution >= 4 is 16.8 Å². The number of nitrogens with zero attached hydrogens (tertiary/aromatic N) is 2. The van der Waals surface area contributed by atoms with Crippen molar-refractivity contribution in [3.8, 4) is 28.5 Å². The van der Waals surface area contributed by atoms with Crippen molar-refractivity contribution in [3.63, 3.8) is 0 Å². The minimum Gasteiger partial charge on any atom is -0.496 e. The van der Waals surface area contributed by atoms with E-state index in [-0.39, 0.29) is 18.2 Å². The van der Waals surface area contributed by atoms with Crippen LogP contribution in [0.2, 0.25) is 0 Å². The predicted octanol–water partition coefficient (Wildman–Crippen LogP) is 5.89. The maximum atomic E-state index is 14.7. The second kappa shape index (κ2) is 11.7. The van der Waals surface area contributed by atoms with Crippen molar-refractivity contribution in [2.75, 3.05) is 34.5 Å². The lowest BCUT2D eigenvalue weighted by molar-refractivity contribution is 0.0504. The normalized spacial score (nSPS) is 14.8. The Morgan fingerprint density at radius 1 is 0.974 bits per heavy atom. The van der Waals surface area contributed by atoms with E-state index < -0.39 is 11.7 Å². The zero-order chi connectivity index (χ0) is 27.4. The summed E-state index contributed by atoms with van der Waals surface area (Å²) >= 11 is 0. The highest BCUT2D eigenvalue weighted by Gasteiger charge is 2.27. The Morgan fingerprint density at radius 2 is 1.69 bits per heavy atom. The van der Waals surface area contributed by atoms with Crippen LogP contribution in [-0.4, -0.2) is 56.4 Å². The molecule has 5 rings (SSSR count). The highest BCUT2D eigenvalue weighted by molar-refractivity contribution is 5.96. The third kappa shape index (κ3) is 5.38. The minimum atomic E-state index is -0.562. The van der Waals surface area contributed by atoms with Gasteiger partial charge in [0.1, 0.15) is 28.6 Å². The maximum Gasteiger partial charge on any atom is 0.257 e. The summed E-state index contributed by atoms with van der Waals surface area (Å²) in [5.41, 5.74) is 2.78. The SMILES string of the molecule is COc1ccccc1-c1nc2c(OC)ccc(OC)c2cc1CN(C[C@H]1CCCO1)C(=O)c1ccccc1F. The average molecular weight is 531 g/mol. The van der Waals surface area contributed by atoms with Gasteiger partial charge in [-0.15, -0.1) is 0 Å². The number of methoxy groups -OCH3 is 3. The van der Waals surface area contributed by atoms with Gasteiger partial charge in [-0.25, -0.2) is 9.37 Å². The zero-order valence-corrected chi connectivity index (χ0v) is 22.3. The van der Waals surface area contributed by atoms with Gasteiger partial charge >= 0.3 is 0 Å². The number of aromatic nitrogens is 1. The molecule has 39 heavy (non-hydrogen) atoms. The van der Waals surface area contributed by atoms with E-state index in [4.69, 9.17) is 23.9 Å². The summed E-state index contributed by atoms with van der Waals surface area (Å²) in [6.07, 6.45) is 1.63. The number of benzene rings is 3. The Kier molecular flexibility index (Phi) is 7.93. The van der Waals surface area contributed by atoms with Crippen molar-refractivity contribution in [2.45, 2.75) is 25.5 Å². The van der Waals surface area contributed by atoms with Gasteiger partial charge in [-0.05, 0) is 60.9 Å². The smallest absolute Gasteiger partial charge is 0.257 e. The average Bonchev–Trinajstić information content (AvgIpc) is 3.49. The Labute approximate surface area is 227 Å². The van der Waals surface area contributed by atoms with Crippen LogP contribution >= 0.6 is 0 Å². The van der Waals surface area contributed by atoms with Crippen molar-refractivity contribution in [1.29, 1.82) is 0 Å². The van der Waals surface area contributed by atoms with Gasteiger partial charge in [0.05, 0.1) is 38.7 Å². The van der Waals surface area contributed by atoms with Crippen LogP contribution in [0, 0.1) is 5.82 Å². The van der Waals surface area contributed by atoms with Crippen LogP contribution in [0.5, 0.6) is 17.2 Å². The summed E-state index contributed by atoms with van der Waals surface area (Å²) in [6, 6.07) is 19.2. The molecule has 8 heteroatoms. The number of rotatable bonds is 9. The Balaban J connectivity index is 1.69. The number of pyridine rings is 1. The fraction of sp³-hybridized carbons (Fsp3) is 0.290. The van der Waals surface area contributed by atoms with Crippen molar-refractivity contribution in [3.05, 3.63) is 83.7 Å². The van der Waals surface area contributed by atoms with Gasteiger partial charge in [-0.2, -0.15) is 0 Å². The van der Waals surface area contributed by atoms with Crippen molar-refractivity contribution in [2.24, 2.45) is 0 Å². The summed E-state index contributed by atoms with van der Waals surface area (Å²) in [4.78, 5) is 20.4. The highest BCUT2D eigenvalue weighted by Crippen LogP contribution is 2.39. The van der Waals surface area contributed by atoms with Gasteiger partial charge < -0.3 is 23.8 Å². The molecule has 202 valence electrons. The molecular weight excluding hydrogens is 499 g/mol. The molecule has 4 aromatic rings. The van der Waals surface area contributed by atoms with Gasteiger partial charge in [-0.1, -0.05) is 24.3 Å². The third-order valence-electron chi connectivity index (χ3n) is 6.99. The Bertz CT molecular complexity index is 1490. The Morgan fingerprint density at radius 3 is 2.41 bits per heavy atom.